The number of amides is 1. The van der Waals surface area contributed by atoms with Crippen LogP contribution in [0.2, 0.25) is 5.02 Å². The molecule has 140 valence electrons. The van der Waals surface area contributed by atoms with Gasteiger partial charge in [0.05, 0.1) is 5.57 Å². The monoisotopic (exact) mass is 382 g/mol. The summed E-state index contributed by atoms with van der Waals surface area (Å²) in [5.41, 5.74) is 5.43. The fourth-order valence-corrected chi connectivity index (χ4v) is 3.88. The van der Waals surface area contributed by atoms with Crippen molar-refractivity contribution in [2.75, 3.05) is 37.7 Å². The van der Waals surface area contributed by atoms with Gasteiger partial charge in [-0.3, -0.25) is 4.79 Å². The molecule has 0 saturated carbocycles. The van der Waals surface area contributed by atoms with E-state index in [0.29, 0.717) is 30.3 Å². The van der Waals surface area contributed by atoms with Crippen LogP contribution in [0.15, 0.2) is 42.0 Å². The largest absolute Gasteiger partial charge is 0.488 e. The number of carbonyl (C=O) groups excluding carboxylic acids is 1. The lowest BCUT2D eigenvalue weighted by Crippen LogP contribution is -2.49. The number of fused-ring (bicyclic) bond motifs is 1. The maximum absolute atomic E-state index is 12.9. The van der Waals surface area contributed by atoms with Gasteiger partial charge in [0.15, 0.2) is 0 Å². The highest BCUT2D eigenvalue weighted by molar-refractivity contribution is 6.30. The lowest BCUT2D eigenvalue weighted by Gasteiger charge is -2.37. The minimum Gasteiger partial charge on any atom is -0.488 e. The Morgan fingerprint density at radius 1 is 1.07 bits per heavy atom. The van der Waals surface area contributed by atoms with Gasteiger partial charge in [0.2, 0.25) is 0 Å². The highest BCUT2D eigenvalue weighted by Gasteiger charge is 2.26. The minimum absolute atomic E-state index is 0.0567. The van der Waals surface area contributed by atoms with Crippen LogP contribution in [0.1, 0.15) is 16.7 Å². The third-order valence-electron chi connectivity index (χ3n) is 5.44. The molecule has 0 bridgehead atoms. The summed E-state index contributed by atoms with van der Waals surface area (Å²) in [5, 5.41) is 0.643. The van der Waals surface area contributed by atoms with Crippen LogP contribution < -0.4 is 9.64 Å². The molecule has 1 amide bonds. The topological polar surface area (TPSA) is 32.8 Å². The van der Waals surface area contributed by atoms with Crippen LogP contribution in [0.25, 0.3) is 6.08 Å². The molecule has 0 unspecified atom stereocenters. The minimum atomic E-state index is 0.0567. The van der Waals surface area contributed by atoms with E-state index in [4.69, 9.17) is 16.3 Å². The normalized spacial score (nSPS) is 16.5. The van der Waals surface area contributed by atoms with E-state index in [1.165, 1.54) is 16.8 Å². The standard InChI is InChI=1S/C22H23ClN2O2/c1-15-4-3-5-20(16(15)2)24-8-10-25(11-9-24)22(26)18-12-17-13-19(23)6-7-21(17)27-14-18/h3-7,12-13H,8-11,14H2,1-2H3. The number of anilines is 1. The number of carbonyl (C=O) groups is 1. The van der Waals surface area contributed by atoms with Gasteiger partial charge in [0.1, 0.15) is 12.4 Å². The van der Waals surface area contributed by atoms with Gasteiger partial charge in [0.25, 0.3) is 5.91 Å². The molecule has 4 rings (SSSR count). The molecular formula is C22H23ClN2O2. The number of halogens is 1. The molecule has 0 aliphatic carbocycles. The van der Waals surface area contributed by atoms with Crippen LogP contribution >= 0.6 is 11.6 Å². The number of aryl methyl sites for hydroxylation is 1. The quantitative estimate of drug-likeness (QED) is 0.784. The van der Waals surface area contributed by atoms with Crippen LogP contribution in [-0.2, 0) is 4.79 Å². The second-order valence-electron chi connectivity index (χ2n) is 7.14. The summed E-state index contributed by atoms with van der Waals surface area (Å²) in [6, 6.07) is 11.9. The van der Waals surface area contributed by atoms with E-state index in [-0.39, 0.29) is 5.91 Å². The summed E-state index contributed by atoms with van der Waals surface area (Å²) >= 11 is 6.07. The molecule has 2 aliphatic heterocycles. The van der Waals surface area contributed by atoms with E-state index in [1.807, 2.05) is 23.1 Å². The Hall–Kier alpha value is -2.46. The van der Waals surface area contributed by atoms with Gasteiger partial charge in [-0.25, -0.2) is 0 Å². The Morgan fingerprint density at radius 2 is 1.85 bits per heavy atom. The Labute approximate surface area is 165 Å². The molecule has 27 heavy (non-hydrogen) atoms. The van der Waals surface area contributed by atoms with Crippen LogP contribution in [0.4, 0.5) is 5.69 Å². The predicted molar refractivity (Wildman–Crippen MR) is 110 cm³/mol. The third-order valence-corrected chi connectivity index (χ3v) is 5.68. The van der Waals surface area contributed by atoms with E-state index in [0.717, 1.165) is 24.4 Å². The Kier molecular flexibility index (Phi) is 4.83. The third kappa shape index (κ3) is 3.54. The van der Waals surface area contributed by atoms with E-state index >= 15 is 0 Å². The van der Waals surface area contributed by atoms with Gasteiger partial charge in [-0.15, -0.1) is 0 Å². The zero-order valence-electron chi connectivity index (χ0n) is 15.7. The highest BCUT2D eigenvalue weighted by Crippen LogP contribution is 2.30. The second kappa shape index (κ2) is 7.28. The summed E-state index contributed by atoms with van der Waals surface area (Å²) in [4.78, 5) is 17.2. The van der Waals surface area contributed by atoms with E-state index in [2.05, 4.69) is 36.9 Å². The van der Waals surface area contributed by atoms with Crippen LogP contribution in [0.5, 0.6) is 5.75 Å². The SMILES string of the molecule is Cc1cccc(N2CCN(C(=O)C3=Cc4cc(Cl)ccc4OC3)CC2)c1C. The number of benzene rings is 2. The van der Waals surface area contributed by atoms with Crippen molar-refractivity contribution in [2.24, 2.45) is 0 Å². The molecular weight excluding hydrogens is 360 g/mol. The molecule has 0 spiro atoms. The van der Waals surface area contributed by atoms with Crippen molar-refractivity contribution in [3.63, 3.8) is 0 Å². The number of nitrogens with zero attached hydrogens (tertiary/aromatic N) is 2. The molecule has 5 heteroatoms. The Balaban J connectivity index is 1.45. The summed E-state index contributed by atoms with van der Waals surface area (Å²) < 4.78 is 5.74. The number of ether oxygens (including phenoxy) is 1. The first-order valence-corrected chi connectivity index (χ1v) is 9.64. The first-order valence-electron chi connectivity index (χ1n) is 9.26. The summed E-state index contributed by atoms with van der Waals surface area (Å²) in [7, 11) is 0. The van der Waals surface area contributed by atoms with Crippen LogP contribution in [0, 0.1) is 13.8 Å². The number of hydrogen-bond donors (Lipinski definition) is 0. The van der Waals surface area contributed by atoms with E-state index in [1.54, 1.807) is 6.07 Å². The van der Waals surface area contributed by atoms with Gasteiger partial charge >= 0.3 is 0 Å². The molecule has 2 aliphatic rings. The first-order chi connectivity index (χ1) is 13.0. The maximum atomic E-state index is 12.9. The molecule has 2 heterocycles. The zero-order valence-corrected chi connectivity index (χ0v) is 16.4. The van der Waals surface area contributed by atoms with Crippen LogP contribution in [0.3, 0.4) is 0 Å². The molecule has 1 fully saturated rings. The predicted octanol–water partition coefficient (Wildman–Crippen LogP) is 4.08. The van der Waals surface area contributed by atoms with Crippen molar-refractivity contribution in [1.82, 2.24) is 4.90 Å². The van der Waals surface area contributed by atoms with Gasteiger partial charge in [-0.1, -0.05) is 23.7 Å². The molecule has 0 radical (unpaired) electrons. The molecule has 0 atom stereocenters. The fourth-order valence-electron chi connectivity index (χ4n) is 3.70. The van der Waals surface area contributed by atoms with Crippen molar-refractivity contribution in [3.05, 3.63) is 63.7 Å². The summed E-state index contributed by atoms with van der Waals surface area (Å²) in [6.07, 6.45) is 1.91. The first kappa shape index (κ1) is 17.9. The van der Waals surface area contributed by atoms with E-state index in [9.17, 15) is 4.79 Å². The van der Waals surface area contributed by atoms with Gasteiger partial charge < -0.3 is 14.5 Å². The van der Waals surface area contributed by atoms with Crippen LogP contribution in [-0.4, -0.2) is 43.6 Å². The summed E-state index contributed by atoms with van der Waals surface area (Å²) in [6.45, 7) is 7.72. The number of piperazine rings is 1. The average Bonchev–Trinajstić information content (AvgIpc) is 2.69. The molecule has 0 aromatic heterocycles. The van der Waals surface area contributed by atoms with Gasteiger partial charge in [0, 0.05) is 42.5 Å². The lowest BCUT2D eigenvalue weighted by atomic mass is 10.1. The molecule has 2 aromatic carbocycles. The maximum Gasteiger partial charge on any atom is 0.253 e. The highest BCUT2D eigenvalue weighted by atomic mass is 35.5. The average molecular weight is 383 g/mol. The summed E-state index contributed by atoms with van der Waals surface area (Å²) in [5.74, 6) is 0.830. The van der Waals surface area contributed by atoms with E-state index < -0.39 is 0 Å². The van der Waals surface area contributed by atoms with Crippen molar-refractivity contribution in [2.45, 2.75) is 13.8 Å². The molecule has 1 saturated heterocycles. The van der Waals surface area contributed by atoms with Crippen molar-refractivity contribution >= 4 is 29.3 Å². The number of hydrogen-bond acceptors (Lipinski definition) is 3. The van der Waals surface area contributed by atoms with Crippen molar-refractivity contribution in [1.29, 1.82) is 0 Å². The lowest BCUT2D eigenvalue weighted by molar-refractivity contribution is -0.127. The van der Waals surface area contributed by atoms with Crippen molar-refractivity contribution in [3.8, 4) is 5.75 Å². The smallest absolute Gasteiger partial charge is 0.253 e. The zero-order chi connectivity index (χ0) is 19.0. The Morgan fingerprint density at radius 3 is 2.63 bits per heavy atom. The number of rotatable bonds is 2. The Bertz CT molecular complexity index is 915. The van der Waals surface area contributed by atoms with Gasteiger partial charge in [-0.2, -0.15) is 0 Å². The van der Waals surface area contributed by atoms with Crippen molar-refractivity contribution < 1.29 is 9.53 Å². The fraction of sp³-hybridized carbons (Fsp3) is 0.318. The molecule has 0 N–H and O–H groups in total. The molecule has 4 nitrogen and oxygen atoms in total. The second-order valence-corrected chi connectivity index (χ2v) is 7.58. The van der Waals surface area contributed by atoms with Gasteiger partial charge in [-0.05, 0) is 55.3 Å². The molecule has 2 aromatic rings.